The molecule has 6 heteroatoms. The molecule has 1 aromatic heterocycles. The number of hydrogen-bond donors (Lipinski definition) is 0. The maximum absolute atomic E-state index is 11.1. The van der Waals surface area contributed by atoms with Crippen LogP contribution in [0.1, 0.15) is 5.56 Å². The van der Waals surface area contributed by atoms with Gasteiger partial charge in [-0.2, -0.15) is 0 Å². The highest BCUT2D eigenvalue weighted by Crippen LogP contribution is 2.35. The lowest BCUT2D eigenvalue weighted by molar-refractivity contribution is -0.107. The van der Waals surface area contributed by atoms with Crippen molar-refractivity contribution in [2.45, 2.75) is 6.42 Å². The number of pyridine rings is 1. The van der Waals surface area contributed by atoms with Crippen LogP contribution in [0.3, 0.4) is 0 Å². The van der Waals surface area contributed by atoms with Crippen LogP contribution in [0.2, 0.25) is 5.02 Å². The summed E-state index contributed by atoms with van der Waals surface area (Å²) in [6.45, 7) is 5.46. The van der Waals surface area contributed by atoms with Crippen LogP contribution in [0.4, 0.5) is 5.69 Å². The number of fused-ring (bicyclic) bond motifs is 1. The van der Waals surface area contributed by atoms with Crippen LogP contribution in [-0.4, -0.2) is 62.6 Å². The molecule has 2 aromatic rings. The van der Waals surface area contributed by atoms with Gasteiger partial charge in [-0.25, -0.2) is 0 Å². The first-order chi connectivity index (χ1) is 11.7. The molecule has 0 N–H and O–H groups in total. The van der Waals surface area contributed by atoms with Crippen LogP contribution < -0.4 is 4.90 Å². The smallest absolute Gasteiger partial charge is 0.124 e. The molecule has 0 amide bonds. The average Bonchev–Trinajstić information content (AvgIpc) is 2.61. The number of ether oxygens (including phenoxy) is 1. The molecular weight excluding hydrogens is 326 g/mol. The largest absolute Gasteiger partial charge is 0.383 e. The van der Waals surface area contributed by atoms with Gasteiger partial charge in [0.2, 0.25) is 0 Å². The van der Waals surface area contributed by atoms with Gasteiger partial charge < -0.3 is 14.4 Å². The summed E-state index contributed by atoms with van der Waals surface area (Å²) in [4.78, 5) is 20.4. The second kappa shape index (κ2) is 7.92. The summed E-state index contributed by atoms with van der Waals surface area (Å²) in [5, 5.41) is 1.59. The fourth-order valence-electron chi connectivity index (χ4n) is 3.25. The summed E-state index contributed by atoms with van der Waals surface area (Å²) in [5.41, 5.74) is 2.88. The lowest BCUT2D eigenvalue weighted by Crippen LogP contribution is -2.47. The van der Waals surface area contributed by atoms with Crippen molar-refractivity contribution in [2.75, 3.05) is 51.3 Å². The SMILES string of the molecule is COCCN1CCN(c2c(CC=O)cc(Cl)c3cccnc23)CC1. The lowest BCUT2D eigenvalue weighted by Gasteiger charge is -2.37. The molecule has 1 aliphatic heterocycles. The Hall–Kier alpha value is -1.69. The number of nitrogens with zero attached hydrogens (tertiary/aromatic N) is 3. The highest BCUT2D eigenvalue weighted by Gasteiger charge is 2.22. The van der Waals surface area contributed by atoms with Gasteiger partial charge in [-0.05, 0) is 23.8 Å². The minimum absolute atomic E-state index is 0.353. The quantitative estimate of drug-likeness (QED) is 0.751. The summed E-state index contributed by atoms with van der Waals surface area (Å²) >= 11 is 6.39. The summed E-state index contributed by atoms with van der Waals surface area (Å²) < 4.78 is 5.16. The first-order valence-corrected chi connectivity index (χ1v) is 8.58. The van der Waals surface area contributed by atoms with Crippen molar-refractivity contribution in [3.8, 4) is 0 Å². The Labute approximate surface area is 147 Å². The Morgan fingerprint density at radius 3 is 2.83 bits per heavy atom. The van der Waals surface area contributed by atoms with E-state index in [0.29, 0.717) is 11.4 Å². The molecule has 1 fully saturated rings. The van der Waals surface area contributed by atoms with Crippen LogP contribution >= 0.6 is 11.6 Å². The van der Waals surface area contributed by atoms with Crippen molar-refractivity contribution in [1.29, 1.82) is 0 Å². The zero-order valence-corrected chi connectivity index (χ0v) is 14.6. The number of anilines is 1. The zero-order valence-electron chi connectivity index (χ0n) is 13.9. The third-order valence-electron chi connectivity index (χ3n) is 4.50. The molecule has 0 spiro atoms. The van der Waals surface area contributed by atoms with E-state index in [2.05, 4.69) is 14.8 Å². The Bertz CT molecular complexity index is 715. The number of hydrogen-bond acceptors (Lipinski definition) is 5. The number of carbonyl (C=O) groups excluding carboxylic acids is 1. The predicted molar refractivity (Wildman–Crippen MR) is 97.1 cm³/mol. The molecule has 0 aliphatic carbocycles. The topological polar surface area (TPSA) is 45.7 Å². The number of carbonyl (C=O) groups is 1. The molecular formula is C18H22ClN3O2. The van der Waals surface area contributed by atoms with Crippen molar-refractivity contribution < 1.29 is 9.53 Å². The van der Waals surface area contributed by atoms with E-state index in [1.165, 1.54) is 0 Å². The molecule has 0 radical (unpaired) electrons. The van der Waals surface area contributed by atoms with E-state index in [-0.39, 0.29) is 0 Å². The second-order valence-corrected chi connectivity index (χ2v) is 6.37. The molecule has 0 atom stereocenters. The molecule has 24 heavy (non-hydrogen) atoms. The van der Waals surface area contributed by atoms with Crippen molar-refractivity contribution in [2.24, 2.45) is 0 Å². The van der Waals surface area contributed by atoms with Gasteiger partial charge in [0, 0.05) is 57.8 Å². The Balaban J connectivity index is 1.92. The van der Waals surface area contributed by atoms with Crippen molar-refractivity contribution in [3.05, 3.63) is 35.0 Å². The van der Waals surface area contributed by atoms with Gasteiger partial charge in [-0.1, -0.05) is 11.6 Å². The van der Waals surface area contributed by atoms with Crippen molar-refractivity contribution >= 4 is 34.5 Å². The van der Waals surface area contributed by atoms with Crippen LogP contribution in [0.5, 0.6) is 0 Å². The fourth-order valence-corrected chi connectivity index (χ4v) is 3.54. The zero-order chi connectivity index (χ0) is 16.9. The van der Waals surface area contributed by atoms with Gasteiger partial charge in [-0.3, -0.25) is 9.88 Å². The number of rotatable bonds is 6. The summed E-state index contributed by atoms with van der Waals surface area (Å²) in [7, 11) is 1.73. The molecule has 1 aliphatic rings. The molecule has 5 nitrogen and oxygen atoms in total. The highest BCUT2D eigenvalue weighted by atomic mass is 35.5. The number of piperazine rings is 1. The predicted octanol–water partition coefficient (Wildman–Crippen LogP) is 2.40. The Morgan fingerprint density at radius 1 is 1.33 bits per heavy atom. The average molecular weight is 348 g/mol. The van der Waals surface area contributed by atoms with Crippen LogP contribution in [0.15, 0.2) is 24.4 Å². The molecule has 2 heterocycles. The standard InChI is InChI=1S/C18H22ClN3O2/c1-24-12-10-21-6-8-22(9-7-21)18-14(4-11-23)13-16(19)15-3-2-5-20-17(15)18/h2-3,5,11,13H,4,6-10,12H2,1H3. The first-order valence-electron chi connectivity index (χ1n) is 8.20. The van der Waals surface area contributed by atoms with E-state index in [4.69, 9.17) is 16.3 Å². The van der Waals surface area contributed by atoms with Gasteiger partial charge in [-0.15, -0.1) is 0 Å². The van der Waals surface area contributed by atoms with Gasteiger partial charge in [0.25, 0.3) is 0 Å². The fraction of sp³-hybridized carbons (Fsp3) is 0.444. The normalized spacial score (nSPS) is 15.8. The molecule has 1 aromatic carbocycles. The minimum atomic E-state index is 0.353. The molecule has 0 unspecified atom stereocenters. The van der Waals surface area contributed by atoms with Crippen molar-refractivity contribution in [3.63, 3.8) is 0 Å². The molecule has 1 saturated heterocycles. The van der Waals surface area contributed by atoms with Gasteiger partial charge in [0.15, 0.2) is 0 Å². The number of methoxy groups -OCH3 is 1. The maximum Gasteiger partial charge on any atom is 0.124 e. The third kappa shape index (κ3) is 3.53. The number of halogens is 1. The molecule has 3 rings (SSSR count). The van der Waals surface area contributed by atoms with E-state index in [1.54, 1.807) is 13.3 Å². The van der Waals surface area contributed by atoms with Crippen molar-refractivity contribution in [1.82, 2.24) is 9.88 Å². The van der Waals surface area contributed by atoms with Gasteiger partial charge in [0.05, 0.1) is 22.8 Å². The Morgan fingerprint density at radius 2 is 2.12 bits per heavy atom. The number of benzene rings is 1. The monoisotopic (exact) mass is 347 g/mol. The summed E-state index contributed by atoms with van der Waals surface area (Å²) in [5.74, 6) is 0. The summed E-state index contributed by atoms with van der Waals surface area (Å²) in [6.07, 6.45) is 3.06. The van der Waals surface area contributed by atoms with E-state index >= 15 is 0 Å². The summed E-state index contributed by atoms with van der Waals surface area (Å²) in [6, 6.07) is 5.78. The minimum Gasteiger partial charge on any atom is -0.383 e. The maximum atomic E-state index is 11.1. The van der Waals surface area contributed by atoms with Gasteiger partial charge in [0.1, 0.15) is 6.29 Å². The molecule has 0 bridgehead atoms. The van der Waals surface area contributed by atoms with E-state index < -0.39 is 0 Å². The number of aromatic nitrogens is 1. The number of aldehydes is 1. The van der Waals surface area contributed by atoms with Crippen LogP contribution in [0.25, 0.3) is 10.9 Å². The van der Waals surface area contributed by atoms with Crippen LogP contribution in [-0.2, 0) is 16.0 Å². The van der Waals surface area contributed by atoms with E-state index in [0.717, 1.165) is 67.8 Å². The van der Waals surface area contributed by atoms with E-state index in [1.807, 2.05) is 18.2 Å². The van der Waals surface area contributed by atoms with E-state index in [9.17, 15) is 4.79 Å². The van der Waals surface area contributed by atoms with Crippen LogP contribution in [0, 0.1) is 0 Å². The third-order valence-corrected chi connectivity index (χ3v) is 4.81. The highest BCUT2D eigenvalue weighted by molar-refractivity contribution is 6.36. The second-order valence-electron chi connectivity index (χ2n) is 5.96. The molecule has 128 valence electrons. The molecule has 0 saturated carbocycles. The first kappa shape index (κ1) is 17.1. The lowest BCUT2D eigenvalue weighted by atomic mass is 10.0. The van der Waals surface area contributed by atoms with Gasteiger partial charge >= 0.3 is 0 Å². The Kier molecular flexibility index (Phi) is 5.66.